The van der Waals surface area contributed by atoms with Crippen molar-refractivity contribution in [3.05, 3.63) is 65.7 Å². The zero-order valence-corrected chi connectivity index (χ0v) is 18.9. The van der Waals surface area contributed by atoms with Crippen molar-refractivity contribution in [2.45, 2.75) is 43.7 Å². The number of nitrogens with zero attached hydrogens (tertiary/aromatic N) is 2. The standard InChI is InChI=1S/C24H29N3O.2ClH/c25-19-24(11-9-22(10-12-24)27-15-13-26-14-16-27)21-7-4-8-23(17-21)28-18-20-5-2-1-3-6-20;;/h1-8,17,22,26H,9-16,18H2;2*1H. The molecule has 162 valence electrons. The van der Waals surface area contributed by atoms with Crippen molar-refractivity contribution in [3.63, 3.8) is 0 Å². The molecule has 30 heavy (non-hydrogen) atoms. The van der Waals surface area contributed by atoms with Crippen LogP contribution in [0.5, 0.6) is 5.75 Å². The molecule has 1 N–H and O–H groups in total. The number of ether oxygens (including phenoxy) is 1. The topological polar surface area (TPSA) is 48.3 Å². The van der Waals surface area contributed by atoms with Crippen LogP contribution >= 0.6 is 24.8 Å². The largest absolute Gasteiger partial charge is 0.489 e. The van der Waals surface area contributed by atoms with Gasteiger partial charge in [0.25, 0.3) is 0 Å². The van der Waals surface area contributed by atoms with Crippen LogP contribution in [-0.2, 0) is 12.0 Å². The van der Waals surface area contributed by atoms with Crippen LogP contribution in [0.15, 0.2) is 54.6 Å². The lowest BCUT2D eigenvalue weighted by Crippen LogP contribution is -2.50. The second-order valence-electron chi connectivity index (χ2n) is 8.01. The molecule has 2 aromatic carbocycles. The predicted octanol–water partition coefficient (Wildman–Crippen LogP) is 4.72. The molecule has 1 aliphatic heterocycles. The number of piperazine rings is 1. The molecule has 0 atom stereocenters. The van der Waals surface area contributed by atoms with Gasteiger partial charge in [0, 0.05) is 32.2 Å². The third kappa shape index (κ3) is 5.68. The molecule has 0 bridgehead atoms. The van der Waals surface area contributed by atoms with E-state index < -0.39 is 0 Å². The SMILES string of the molecule is Cl.Cl.N#CC1(c2cccc(OCc3ccccc3)c2)CCC(N2CCNCC2)CC1. The lowest BCUT2D eigenvalue weighted by atomic mass is 9.69. The van der Waals surface area contributed by atoms with Crippen molar-refractivity contribution in [2.75, 3.05) is 26.2 Å². The average molecular weight is 448 g/mol. The smallest absolute Gasteiger partial charge is 0.120 e. The Kier molecular flexibility index (Phi) is 9.45. The highest BCUT2D eigenvalue weighted by molar-refractivity contribution is 5.85. The van der Waals surface area contributed by atoms with Crippen LogP contribution in [0, 0.1) is 11.3 Å². The van der Waals surface area contributed by atoms with Crippen LogP contribution < -0.4 is 10.1 Å². The summed E-state index contributed by atoms with van der Waals surface area (Å²) >= 11 is 0. The van der Waals surface area contributed by atoms with Gasteiger partial charge in [0.2, 0.25) is 0 Å². The number of nitriles is 1. The Morgan fingerprint density at radius 3 is 2.37 bits per heavy atom. The van der Waals surface area contributed by atoms with Gasteiger partial charge in [-0.05, 0) is 48.9 Å². The molecule has 4 rings (SSSR count). The van der Waals surface area contributed by atoms with Gasteiger partial charge in [-0.2, -0.15) is 5.26 Å². The van der Waals surface area contributed by atoms with E-state index in [1.54, 1.807) is 0 Å². The van der Waals surface area contributed by atoms with Gasteiger partial charge in [0.05, 0.1) is 11.5 Å². The Bertz CT molecular complexity index is 811. The van der Waals surface area contributed by atoms with Crippen molar-refractivity contribution in [1.29, 1.82) is 5.26 Å². The van der Waals surface area contributed by atoms with Gasteiger partial charge in [-0.3, -0.25) is 4.90 Å². The maximum absolute atomic E-state index is 10.1. The molecule has 4 nitrogen and oxygen atoms in total. The van der Waals surface area contributed by atoms with Crippen LogP contribution in [0.25, 0.3) is 0 Å². The highest BCUT2D eigenvalue weighted by atomic mass is 35.5. The number of hydrogen-bond donors (Lipinski definition) is 1. The maximum atomic E-state index is 10.1. The number of nitrogens with one attached hydrogen (secondary N) is 1. The molecule has 2 aliphatic rings. The number of halogens is 2. The van der Waals surface area contributed by atoms with E-state index in [1.807, 2.05) is 30.3 Å². The second kappa shape index (κ2) is 11.6. The Balaban J connectivity index is 0.00000160. The molecule has 6 heteroatoms. The van der Waals surface area contributed by atoms with Crippen molar-refractivity contribution >= 4 is 24.8 Å². The van der Waals surface area contributed by atoms with Gasteiger partial charge in [-0.25, -0.2) is 0 Å². The molecule has 2 fully saturated rings. The summed E-state index contributed by atoms with van der Waals surface area (Å²) in [6, 6.07) is 21.7. The third-order valence-electron chi connectivity index (χ3n) is 6.33. The average Bonchev–Trinajstić information content (AvgIpc) is 2.79. The first-order chi connectivity index (χ1) is 13.8. The summed E-state index contributed by atoms with van der Waals surface area (Å²) in [5.41, 5.74) is 1.88. The van der Waals surface area contributed by atoms with Crippen LogP contribution in [0.4, 0.5) is 0 Å². The van der Waals surface area contributed by atoms with Gasteiger partial charge in [0.1, 0.15) is 12.4 Å². The molecule has 0 unspecified atom stereocenters. The van der Waals surface area contributed by atoms with E-state index in [-0.39, 0.29) is 30.2 Å². The van der Waals surface area contributed by atoms with Crippen LogP contribution in [0.2, 0.25) is 0 Å². The van der Waals surface area contributed by atoms with Crippen molar-refractivity contribution in [3.8, 4) is 11.8 Å². The summed E-state index contributed by atoms with van der Waals surface area (Å²) < 4.78 is 6.00. The van der Waals surface area contributed by atoms with Crippen molar-refractivity contribution in [2.24, 2.45) is 0 Å². The minimum Gasteiger partial charge on any atom is -0.489 e. The van der Waals surface area contributed by atoms with Gasteiger partial charge < -0.3 is 10.1 Å². The molecule has 1 heterocycles. The predicted molar refractivity (Wildman–Crippen MR) is 126 cm³/mol. The first-order valence-electron chi connectivity index (χ1n) is 10.4. The highest BCUT2D eigenvalue weighted by Crippen LogP contribution is 2.41. The van der Waals surface area contributed by atoms with Crippen LogP contribution in [0.1, 0.15) is 36.8 Å². The Morgan fingerprint density at radius 1 is 1.00 bits per heavy atom. The minimum atomic E-state index is -0.378. The van der Waals surface area contributed by atoms with E-state index in [4.69, 9.17) is 4.74 Å². The third-order valence-corrected chi connectivity index (χ3v) is 6.33. The van der Waals surface area contributed by atoms with E-state index in [9.17, 15) is 5.26 Å². The molecule has 1 saturated carbocycles. The van der Waals surface area contributed by atoms with Crippen LogP contribution in [0.3, 0.4) is 0 Å². The fraction of sp³-hybridized carbons (Fsp3) is 0.458. The normalized spacial score (nSPS) is 24.0. The summed E-state index contributed by atoms with van der Waals surface area (Å²) in [4.78, 5) is 2.61. The molecule has 0 spiro atoms. The molecule has 0 amide bonds. The van der Waals surface area contributed by atoms with E-state index in [2.05, 4.69) is 40.6 Å². The van der Waals surface area contributed by atoms with Crippen molar-refractivity contribution < 1.29 is 4.74 Å². The summed E-state index contributed by atoms with van der Waals surface area (Å²) in [5, 5.41) is 13.5. The first-order valence-corrected chi connectivity index (χ1v) is 10.4. The zero-order valence-electron chi connectivity index (χ0n) is 17.3. The lowest BCUT2D eigenvalue weighted by Gasteiger charge is -2.42. The molecular formula is C24H31Cl2N3O. The molecule has 1 saturated heterocycles. The maximum Gasteiger partial charge on any atom is 0.120 e. The molecule has 1 aliphatic carbocycles. The quantitative estimate of drug-likeness (QED) is 0.719. The lowest BCUT2D eigenvalue weighted by molar-refractivity contribution is 0.122. The highest BCUT2D eigenvalue weighted by Gasteiger charge is 2.39. The monoisotopic (exact) mass is 447 g/mol. The van der Waals surface area contributed by atoms with Gasteiger partial charge >= 0.3 is 0 Å². The van der Waals surface area contributed by atoms with Gasteiger partial charge in [0.15, 0.2) is 0 Å². The van der Waals surface area contributed by atoms with E-state index in [0.29, 0.717) is 12.6 Å². The van der Waals surface area contributed by atoms with E-state index in [0.717, 1.165) is 68.7 Å². The summed E-state index contributed by atoms with van der Waals surface area (Å²) in [6.45, 7) is 4.98. The van der Waals surface area contributed by atoms with Crippen molar-refractivity contribution in [1.82, 2.24) is 10.2 Å². The Hall–Kier alpha value is -1.77. The number of hydrogen-bond acceptors (Lipinski definition) is 4. The first kappa shape index (κ1) is 24.5. The molecule has 0 aromatic heterocycles. The van der Waals surface area contributed by atoms with Crippen LogP contribution in [-0.4, -0.2) is 37.1 Å². The Morgan fingerprint density at radius 2 is 1.70 bits per heavy atom. The summed E-state index contributed by atoms with van der Waals surface area (Å²) in [6.07, 6.45) is 4.06. The number of rotatable bonds is 5. The summed E-state index contributed by atoms with van der Waals surface area (Å²) in [5.74, 6) is 0.847. The van der Waals surface area contributed by atoms with Gasteiger partial charge in [-0.1, -0.05) is 42.5 Å². The second-order valence-corrected chi connectivity index (χ2v) is 8.01. The Labute approximate surface area is 192 Å². The van der Waals surface area contributed by atoms with E-state index >= 15 is 0 Å². The fourth-order valence-corrected chi connectivity index (χ4v) is 4.60. The van der Waals surface area contributed by atoms with E-state index in [1.165, 1.54) is 0 Å². The molecular weight excluding hydrogens is 417 g/mol. The number of benzene rings is 2. The summed E-state index contributed by atoms with van der Waals surface area (Å²) in [7, 11) is 0. The van der Waals surface area contributed by atoms with Gasteiger partial charge in [-0.15, -0.1) is 24.8 Å². The molecule has 2 aromatic rings. The molecule has 0 radical (unpaired) electrons. The zero-order chi connectivity index (χ0) is 19.2. The fourth-order valence-electron chi connectivity index (χ4n) is 4.60. The minimum absolute atomic E-state index is 0.